The van der Waals surface area contributed by atoms with Gasteiger partial charge in [-0.3, -0.25) is 4.99 Å². The van der Waals surface area contributed by atoms with Gasteiger partial charge in [0.05, 0.1) is 0 Å². The lowest BCUT2D eigenvalue weighted by molar-refractivity contribution is 0.266. The Kier molecular flexibility index (Phi) is 3.29. The van der Waals surface area contributed by atoms with Crippen LogP contribution in [0.3, 0.4) is 0 Å². The molecule has 0 aliphatic heterocycles. The smallest absolute Gasteiger partial charge is 0.188 e. The van der Waals surface area contributed by atoms with Gasteiger partial charge in [0.25, 0.3) is 0 Å². The van der Waals surface area contributed by atoms with Gasteiger partial charge in [-0.25, -0.2) is 0 Å². The van der Waals surface area contributed by atoms with E-state index in [0.717, 1.165) is 24.3 Å². The van der Waals surface area contributed by atoms with E-state index >= 15 is 0 Å². The van der Waals surface area contributed by atoms with Crippen LogP contribution < -0.4 is 11.1 Å². The molecule has 2 fully saturated rings. The number of aliphatic imine (C=N–C) groups is 1. The van der Waals surface area contributed by atoms with Crippen LogP contribution in [0.15, 0.2) is 17.6 Å². The first-order valence-corrected chi connectivity index (χ1v) is 5.96. The Morgan fingerprint density at radius 3 is 2.93 bits per heavy atom. The van der Waals surface area contributed by atoms with Crippen LogP contribution in [0.25, 0.3) is 0 Å². The van der Waals surface area contributed by atoms with Crippen molar-refractivity contribution in [2.45, 2.75) is 25.7 Å². The van der Waals surface area contributed by atoms with Crippen molar-refractivity contribution in [2.24, 2.45) is 28.5 Å². The predicted molar refractivity (Wildman–Crippen MR) is 63.6 cm³/mol. The Labute approximate surface area is 91.8 Å². The fourth-order valence-electron chi connectivity index (χ4n) is 2.37. The van der Waals surface area contributed by atoms with Gasteiger partial charge in [0.2, 0.25) is 0 Å². The first-order chi connectivity index (χ1) is 7.31. The zero-order chi connectivity index (χ0) is 10.7. The molecule has 0 aromatic carbocycles. The van der Waals surface area contributed by atoms with E-state index in [0.29, 0.717) is 12.5 Å². The molecule has 2 rings (SSSR count). The van der Waals surface area contributed by atoms with Crippen molar-refractivity contribution in [2.75, 3.05) is 13.1 Å². The SMILES string of the molecule is C=CCNC(N)=NC[C@@H]1C[C@H]1C1CCC1. The maximum Gasteiger partial charge on any atom is 0.188 e. The molecule has 0 spiro atoms. The van der Waals surface area contributed by atoms with Crippen molar-refractivity contribution in [1.82, 2.24) is 5.32 Å². The van der Waals surface area contributed by atoms with E-state index in [1.807, 2.05) is 0 Å². The maximum atomic E-state index is 5.69. The van der Waals surface area contributed by atoms with Crippen LogP contribution >= 0.6 is 0 Å². The third kappa shape index (κ3) is 2.74. The first kappa shape index (κ1) is 10.5. The molecule has 15 heavy (non-hydrogen) atoms. The standard InChI is InChI=1S/C12H21N3/c1-2-6-14-12(13)15-8-10-7-11(10)9-4-3-5-9/h2,9-11H,1,3-8H2,(H3,13,14,15)/t10-,11-/m0/s1. The van der Waals surface area contributed by atoms with Crippen molar-refractivity contribution in [3.8, 4) is 0 Å². The minimum Gasteiger partial charge on any atom is -0.370 e. The van der Waals surface area contributed by atoms with Crippen LogP contribution in [-0.4, -0.2) is 19.0 Å². The van der Waals surface area contributed by atoms with Crippen LogP contribution in [-0.2, 0) is 0 Å². The van der Waals surface area contributed by atoms with Gasteiger partial charge >= 0.3 is 0 Å². The van der Waals surface area contributed by atoms with Crippen molar-refractivity contribution in [1.29, 1.82) is 0 Å². The van der Waals surface area contributed by atoms with E-state index in [1.165, 1.54) is 25.7 Å². The Balaban J connectivity index is 1.63. The van der Waals surface area contributed by atoms with Crippen molar-refractivity contribution < 1.29 is 0 Å². The molecule has 84 valence electrons. The quantitative estimate of drug-likeness (QED) is 0.408. The highest BCUT2D eigenvalue weighted by Gasteiger charge is 2.44. The number of nitrogens with two attached hydrogens (primary N) is 1. The summed E-state index contributed by atoms with van der Waals surface area (Å²) in [6.07, 6.45) is 7.52. The Morgan fingerprint density at radius 1 is 1.53 bits per heavy atom. The van der Waals surface area contributed by atoms with E-state index in [9.17, 15) is 0 Å². The number of guanidine groups is 1. The average Bonchev–Trinajstić information content (AvgIpc) is 2.88. The minimum atomic E-state index is 0.564. The molecule has 0 unspecified atom stereocenters. The summed E-state index contributed by atoms with van der Waals surface area (Å²) < 4.78 is 0. The van der Waals surface area contributed by atoms with Gasteiger partial charge < -0.3 is 11.1 Å². The van der Waals surface area contributed by atoms with E-state index in [2.05, 4.69) is 16.9 Å². The van der Waals surface area contributed by atoms with Crippen LogP contribution in [0.4, 0.5) is 0 Å². The average molecular weight is 207 g/mol. The Morgan fingerprint density at radius 2 is 2.33 bits per heavy atom. The summed E-state index contributed by atoms with van der Waals surface area (Å²) in [5.74, 6) is 3.37. The van der Waals surface area contributed by atoms with Gasteiger partial charge in [-0.2, -0.15) is 0 Å². The molecular weight excluding hydrogens is 186 g/mol. The van der Waals surface area contributed by atoms with E-state index in [-0.39, 0.29) is 0 Å². The molecule has 0 amide bonds. The molecule has 0 aromatic rings. The zero-order valence-electron chi connectivity index (χ0n) is 9.28. The molecule has 0 bridgehead atoms. The minimum absolute atomic E-state index is 0.564. The Hall–Kier alpha value is -0.990. The zero-order valence-corrected chi connectivity index (χ0v) is 9.28. The lowest BCUT2D eigenvalue weighted by Crippen LogP contribution is -2.31. The molecule has 0 radical (unpaired) electrons. The van der Waals surface area contributed by atoms with Gasteiger partial charge in [-0.15, -0.1) is 6.58 Å². The fourth-order valence-corrected chi connectivity index (χ4v) is 2.37. The molecule has 0 saturated heterocycles. The summed E-state index contributed by atoms with van der Waals surface area (Å²) in [5.41, 5.74) is 5.69. The number of rotatable bonds is 5. The van der Waals surface area contributed by atoms with Crippen LogP contribution in [0.5, 0.6) is 0 Å². The second-order valence-electron chi connectivity index (χ2n) is 4.75. The summed E-state index contributed by atoms with van der Waals surface area (Å²) in [7, 11) is 0. The third-order valence-corrected chi connectivity index (χ3v) is 3.66. The molecular formula is C12H21N3. The first-order valence-electron chi connectivity index (χ1n) is 5.96. The molecule has 3 N–H and O–H groups in total. The summed E-state index contributed by atoms with van der Waals surface area (Å²) in [6.45, 7) is 5.24. The number of hydrogen-bond donors (Lipinski definition) is 2. The monoisotopic (exact) mass is 207 g/mol. The molecule has 3 nitrogen and oxygen atoms in total. The summed E-state index contributed by atoms with van der Waals surface area (Å²) >= 11 is 0. The summed E-state index contributed by atoms with van der Waals surface area (Å²) in [6, 6.07) is 0. The lowest BCUT2D eigenvalue weighted by Gasteiger charge is -2.25. The van der Waals surface area contributed by atoms with Gasteiger partial charge in [0.1, 0.15) is 0 Å². The van der Waals surface area contributed by atoms with E-state index in [4.69, 9.17) is 5.73 Å². The van der Waals surface area contributed by atoms with E-state index in [1.54, 1.807) is 6.08 Å². The van der Waals surface area contributed by atoms with Gasteiger partial charge in [0, 0.05) is 13.1 Å². The van der Waals surface area contributed by atoms with Crippen molar-refractivity contribution in [3.63, 3.8) is 0 Å². The lowest BCUT2D eigenvalue weighted by atomic mass is 9.81. The molecule has 0 aromatic heterocycles. The molecule has 2 atom stereocenters. The van der Waals surface area contributed by atoms with Crippen molar-refractivity contribution in [3.05, 3.63) is 12.7 Å². The normalized spacial score (nSPS) is 30.8. The van der Waals surface area contributed by atoms with Crippen LogP contribution in [0.2, 0.25) is 0 Å². The topological polar surface area (TPSA) is 50.4 Å². The summed E-state index contributed by atoms with van der Waals surface area (Å²) in [5, 5.41) is 3.00. The third-order valence-electron chi connectivity index (χ3n) is 3.66. The second kappa shape index (κ2) is 4.69. The van der Waals surface area contributed by atoms with Crippen LogP contribution in [0.1, 0.15) is 25.7 Å². The number of nitrogens with one attached hydrogen (secondary N) is 1. The van der Waals surface area contributed by atoms with Gasteiger partial charge in [-0.1, -0.05) is 25.3 Å². The Bertz CT molecular complexity index is 256. The molecule has 2 aliphatic carbocycles. The maximum absolute atomic E-state index is 5.69. The summed E-state index contributed by atoms with van der Waals surface area (Å²) in [4.78, 5) is 4.35. The molecule has 2 saturated carbocycles. The largest absolute Gasteiger partial charge is 0.370 e. The number of nitrogens with zero attached hydrogens (tertiary/aromatic N) is 1. The highest BCUT2D eigenvalue weighted by molar-refractivity contribution is 5.77. The second-order valence-corrected chi connectivity index (χ2v) is 4.75. The highest BCUT2D eigenvalue weighted by Crippen LogP contribution is 2.51. The molecule has 0 heterocycles. The van der Waals surface area contributed by atoms with Gasteiger partial charge in [-0.05, 0) is 24.2 Å². The molecule has 3 heteroatoms. The van der Waals surface area contributed by atoms with Crippen LogP contribution in [0, 0.1) is 17.8 Å². The van der Waals surface area contributed by atoms with E-state index < -0.39 is 0 Å². The molecule has 2 aliphatic rings. The highest BCUT2D eigenvalue weighted by atomic mass is 15.1. The fraction of sp³-hybridized carbons (Fsp3) is 0.750. The van der Waals surface area contributed by atoms with Crippen molar-refractivity contribution >= 4 is 5.96 Å². The predicted octanol–water partition coefficient (Wildman–Crippen LogP) is 1.51. The number of hydrogen-bond acceptors (Lipinski definition) is 1. The van der Waals surface area contributed by atoms with Gasteiger partial charge in [0.15, 0.2) is 5.96 Å².